The Morgan fingerprint density at radius 3 is 0.0926 bits per heavy atom. The molecule has 0 atom stereocenters. The smallest absolute Gasteiger partial charge is 0.356 e. The average molecular weight is 1730 g/mol. The van der Waals surface area contributed by atoms with Gasteiger partial charge in [0, 0.05) is 0 Å². The fourth-order valence-corrected chi connectivity index (χ4v) is 0. The van der Waals surface area contributed by atoms with Gasteiger partial charge in [0.2, 0.25) is 0 Å². The summed E-state index contributed by atoms with van der Waals surface area (Å²) in [5.74, 6) is 0. The maximum absolute atomic E-state index is 8.36. The van der Waals surface area contributed by atoms with Crippen LogP contribution in [-0.4, -0.2) is 275 Å². The summed E-state index contributed by atoms with van der Waals surface area (Å²) in [5.41, 5.74) is 0. The molecule has 0 fully saturated rings. The fraction of sp³-hybridized carbons (Fsp3) is 0. The number of hydrogen-bond donors (Lipinski definition) is 14. The van der Waals surface area contributed by atoms with E-state index in [2.05, 4.69) is 0 Å². The van der Waals surface area contributed by atoms with Crippen LogP contribution in [0.5, 0.6) is 0 Å². The zero-order valence-corrected chi connectivity index (χ0v) is 50.9. The maximum atomic E-state index is 8.36. The van der Waals surface area contributed by atoms with E-state index >= 15 is 0 Å². The van der Waals surface area contributed by atoms with Gasteiger partial charge in [-0.15, -0.1) is 142 Å². The average Bonchev–Trinajstić information content (AvgIpc) is 3.18. The van der Waals surface area contributed by atoms with Gasteiger partial charge < -0.3 is 257 Å². The Labute approximate surface area is 599 Å². The first-order valence-electron chi connectivity index (χ1n) is 14.5. The van der Waals surface area contributed by atoms with E-state index in [0.717, 1.165) is 0 Å². The van der Waals surface area contributed by atoms with Crippen molar-refractivity contribution in [1.82, 2.24) is 0 Å². The van der Waals surface area contributed by atoms with Crippen LogP contribution in [0, 0.1) is 325 Å². The van der Waals surface area contributed by atoms with Gasteiger partial charge in [0.15, 0.2) is 0 Å². The molecule has 0 saturated heterocycles. The molecule has 104 nitrogen and oxygen atoms in total. The van der Waals surface area contributed by atoms with E-state index < -0.39 is 132 Å². The largest absolute Gasteiger partial charge is 3.00 e. The molecule has 14 N–H and O–H groups in total. The van der Waals surface area contributed by atoms with Crippen LogP contribution >= 0.6 is 0 Å². The second-order valence-corrected chi connectivity index (χ2v) is 6.01. The van der Waals surface area contributed by atoms with Crippen LogP contribution in [0.15, 0.2) is 0 Å². The summed E-state index contributed by atoms with van der Waals surface area (Å²) in [6, 6.07) is 0. The van der Waals surface area contributed by atoms with Crippen LogP contribution in [0.2, 0.25) is 0 Å². The molecule has 0 aliphatic heterocycles. The molecule has 0 aliphatic rings. The van der Waals surface area contributed by atoms with Crippen LogP contribution in [0.3, 0.4) is 0 Å². The Kier molecular flexibility index (Phi) is 351. The molecule has 108 heavy (non-hydrogen) atoms. The zero-order chi connectivity index (χ0) is 93.0. The van der Waals surface area contributed by atoms with Crippen molar-refractivity contribution in [1.29, 1.82) is 0 Å². The predicted molar refractivity (Wildman–Crippen MR) is 270 cm³/mol. The van der Waals surface area contributed by atoms with E-state index in [-0.39, 0.29) is 69.4 Å². The third kappa shape index (κ3) is 1870. The Morgan fingerprint density at radius 2 is 0.0926 bits per heavy atom. The van der Waals surface area contributed by atoms with Gasteiger partial charge in [0.1, 0.15) is 0 Å². The second-order valence-electron chi connectivity index (χ2n) is 6.01. The monoisotopic (exact) mass is 1730 g/mol. The topological polar surface area (TPSA) is 1680 Å². The van der Waals surface area contributed by atoms with E-state index in [0.29, 0.717) is 0 Å². The standard InChI is InChI=1S/4Al.14HNO3.12NO3/c;;;;26*2-1(3)4/h;;;;14*(H,2,3,4);;;;;;;;;;;;/q4*+3;;;;;;;;;;;;;;;12*-1. The van der Waals surface area contributed by atoms with E-state index in [1.165, 1.54) is 0 Å². The van der Waals surface area contributed by atoms with Gasteiger partial charge in [-0.25, -0.2) is 0 Å². The number of nitrogens with zero attached hydrogens (tertiary/aromatic N) is 26. The molecular formula is H14Al4N26O78. The van der Waals surface area contributed by atoms with Crippen molar-refractivity contribution in [2.45, 2.75) is 0 Å². The first-order valence-corrected chi connectivity index (χ1v) is 14.5. The molecule has 0 aromatic carbocycles. The molecule has 0 radical (unpaired) electrons. The Balaban J connectivity index is -0.0000000209. The fourth-order valence-electron chi connectivity index (χ4n) is 0. The summed E-state index contributed by atoms with van der Waals surface area (Å²) < 4.78 is 0. The van der Waals surface area contributed by atoms with Gasteiger partial charge in [0.25, 0.3) is 71.2 Å². The molecule has 108 heteroatoms. The summed E-state index contributed by atoms with van der Waals surface area (Å²) in [6.45, 7) is 0. The summed E-state index contributed by atoms with van der Waals surface area (Å²) >= 11 is 0. The summed E-state index contributed by atoms with van der Waals surface area (Å²) in [4.78, 5) is 216. The van der Waals surface area contributed by atoms with Crippen LogP contribution in [0.25, 0.3) is 0 Å². The quantitative estimate of drug-likeness (QED) is 0.0608. The van der Waals surface area contributed by atoms with Gasteiger partial charge in [-0.1, -0.05) is 0 Å². The van der Waals surface area contributed by atoms with Crippen LogP contribution < -0.4 is 0 Å². The molecule has 0 bridgehead atoms. The van der Waals surface area contributed by atoms with Crippen LogP contribution in [-0.2, 0) is 0 Å². The molecule has 624 valence electrons. The Morgan fingerprint density at radius 1 is 0.0926 bits per heavy atom. The molecule has 0 spiro atoms. The minimum Gasteiger partial charge on any atom is -0.356 e. The molecule has 0 aromatic heterocycles. The predicted octanol–water partition coefficient (Wildman–Crippen LogP) is -9.26. The van der Waals surface area contributed by atoms with E-state index in [1.807, 2.05) is 0 Å². The molecule has 0 aliphatic carbocycles. The van der Waals surface area contributed by atoms with E-state index in [1.54, 1.807) is 0 Å². The minimum atomic E-state index is -1.75. The summed E-state index contributed by atoms with van der Waals surface area (Å²) in [6.07, 6.45) is 0. The SMILES string of the molecule is O=[N+]([O-])O.O=[N+]([O-])O.O=[N+]([O-])O.O=[N+]([O-])O.O=[N+]([O-])O.O=[N+]([O-])O.O=[N+]([O-])O.O=[N+]([O-])O.O=[N+]([O-])O.O=[N+]([O-])O.O=[N+]([O-])O.O=[N+]([O-])O.O=[N+]([O-])O.O=[N+]([O-])O.O=[N+]([O-])[O-].O=[N+]([O-])[O-].O=[N+]([O-])[O-].O=[N+]([O-])[O-].O=[N+]([O-])[O-].O=[N+]([O-])[O-].O=[N+]([O-])[O-].O=[N+]([O-])[O-].O=[N+]([O-])[O-].O=[N+]([O-])[O-].O=[N+]([O-])[O-].O=[N+]([O-])[O-].[Al+3].[Al+3].[Al+3].[Al+3]. The molecule has 0 rings (SSSR count). The minimum absolute atomic E-state index is 0. The van der Waals surface area contributed by atoms with E-state index in [9.17, 15) is 0 Å². The van der Waals surface area contributed by atoms with Crippen molar-refractivity contribution >= 4 is 69.4 Å². The zero-order valence-electron chi connectivity index (χ0n) is 46.3. The van der Waals surface area contributed by atoms with Crippen LogP contribution in [0.1, 0.15) is 0 Å². The molecule has 0 heterocycles. The third-order valence-corrected chi connectivity index (χ3v) is 0. The summed E-state index contributed by atoms with van der Waals surface area (Å²) in [5, 5.41) is 368. The van der Waals surface area contributed by atoms with Gasteiger partial charge in [0.05, 0.1) is 61.0 Å². The maximum Gasteiger partial charge on any atom is 3.00 e. The summed E-state index contributed by atoms with van der Waals surface area (Å²) in [7, 11) is 0. The van der Waals surface area contributed by atoms with E-state index in [4.69, 9.17) is 398 Å². The van der Waals surface area contributed by atoms with Crippen molar-refractivity contribution < 1.29 is 205 Å². The number of rotatable bonds is 0. The molecule has 0 amide bonds. The van der Waals surface area contributed by atoms with Crippen LogP contribution in [0.4, 0.5) is 0 Å². The number of hydrogen-bond acceptors (Lipinski definition) is 64. The molecule has 0 saturated carbocycles. The van der Waals surface area contributed by atoms with Crippen molar-refractivity contribution in [3.63, 3.8) is 0 Å². The Bertz CT molecular complexity index is 1440. The van der Waals surface area contributed by atoms with Gasteiger partial charge in [-0.3, -0.25) is 0 Å². The molecule has 0 unspecified atom stereocenters. The van der Waals surface area contributed by atoms with Crippen molar-refractivity contribution in [3.05, 3.63) is 325 Å². The Hall–Kier alpha value is -18.7. The first kappa shape index (κ1) is 198. The molecular weight excluding hydrogens is 1720 g/mol. The third-order valence-electron chi connectivity index (χ3n) is 0. The van der Waals surface area contributed by atoms with Crippen molar-refractivity contribution in [3.8, 4) is 0 Å². The second kappa shape index (κ2) is 191. The van der Waals surface area contributed by atoms with Gasteiger partial charge in [-0.2, -0.15) is 0 Å². The van der Waals surface area contributed by atoms with Gasteiger partial charge in [-0.05, 0) is 0 Å². The first-order chi connectivity index (χ1) is 45.0. The van der Waals surface area contributed by atoms with Gasteiger partial charge >= 0.3 is 69.4 Å². The normalized spacial score (nSPS) is 5.78. The van der Waals surface area contributed by atoms with Crippen molar-refractivity contribution in [2.75, 3.05) is 0 Å². The molecule has 0 aromatic rings. The van der Waals surface area contributed by atoms with Crippen molar-refractivity contribution in [2.24, 2.45) is 0 Å².